The minimum atomic E-state index is -0.570. The molecule has 4 amide bonds. The van der Waals surface area contributed by atoms with Crippen LogP contribution in [0, 0.1) is 13.8 Å². The lowest BCUT2D eigenvalue weighted by molar-refractivity contribution is -0.127. The lowest BCUT2D eigenvalue weighted by Crippen LogP contribution is -2.53. The van der Waals surface area contributed by atoms with Gasteiger partial charge in [0.2, 0.25) is 11.8 Å². The molecule has 1 aliphatic heterocycles. The molecule has 1 atom stereocenters. The number of carbonyl (C=O) groups is 3. The fourth-order valence-electron chi connectivity index (χ4n) is 4.01. The molecule has 176 valence electrons. The van der Waals surface area contributed by atoms with Gasteiger partial charge in [0, 0.05) is 38.4 Å². The molecule has 33 heavy (non-hydrogen) atoms. The quantitative estimate of drug-likeness (QED) is 0.601. The lowest BCUT2D eigenvalue weighted by Gasteiger charge is -2.38. The van der Waals surface area contributed by atoms with E-state index in [1.54, 1.807) is 6.92 Å². The zero-order valence-corrected chi connectivity index (χ0v) is 19.6. The number of anilines is 1. The van der Waals surface area contributed by atoms with E-state index >= 15 is 0 Å². The first-order chi connectivity index (χ1) is 15.9. The van der Waals surface area contributed by atoms with Crippen molar-refractivity contribution < 1.29 is 14.4 Å². The molecule has 0 spiro atoms. The van der Waals surface area contributed by atoms with Crippen LogP contribution >= 0.6 is 0 Å². The Balaban J connectivity index is 1.60. The molecule has 1 saturated heterocycles. The number of nitrogens with zero attached hydrogens (tertiary/aromatic N) is 2. The van der Waals surface area contributed by atoms with Crippen LogP contribution in [0.25, 0.3) is 0 Å². The SMILES string of the molecule is CCNC(=O)NC(=O)C(c1ccccc1)N1CCN(CC(=O)Nc2cccc(C)c2C)CC1. The van der Waals surface area contributed by atoms with Gasteiger partial charge in [-0.2, -0.15) is 0 Å². The van der Waals surface area contributed by atoms with Crippen molar-refractivity contribution in [1.29, 1.82) is 0 Å². The van der Waals surface area contributed by atoms with Gasteiger partial charge >= 0.3 is 6.03 Å². The maximum Gasteiger partial charge on any atom is 0.321 e. The first-order valence-corrected chi connectivity index (χ1v) is 11.3. The summed E-state index contributed by atoms with van der Waals surface area (Å²) in [4.78, 5) is 41.6. The van der Waals surface area contributed by atoms with Gasteiger partial charge in [-0.3, -0.25) is 24.7 Å². The fraction of sp³-hybridized carbons (Fsp3) is 0.400. The summed E-state index contributed by atoms with van der Waals surface area (Å²) in [5.74, 6) is -0.404. The Morgan fingerprint density at radius 2 is 1.64 bits per heavy atom. The summed E-state index contributed by atoms with van der Waals surface area (Å²) >= 11 is 0. The predicted octanol–water partition coefficient (Wildman–Crippen LogP) is 2.45. The van der Waals surface area contributed by atoms with Crippen LogP contribution in [0.3, 0.4) is 0 Å². The second kappa shape index (κ2) is 11.6. The second-order valence-corrected chi connectivity index (χ2v) is 8.27. The highest BCUT2D eigenvalue weighted by Gasteiger charge is 2.31. The number of amides is 4. The zero-order chi connectivity index (χ0) is 23.8. The number of piperazine rings is 1. The largest absolute Gasteiger partial charge is 0.338 e. The smallest absolute Gasteiger partial charge is 0.321 e. The molecule has 3 rings (SSSR count). The summed E-state index contributed by atoms with van der Waals surface area (Å²) < 4.78 is 0. The number of carbonyl (C=O) groups excluding carboxylic acids is 3. The predicted molar refractivity (Wildman–Crippen MR) is 129 cm³/mol. The van der Waals surface area contributed by atoms with Crippen LogP contribution in [0.15, 0.2) is 48.5 Å². The second-order valence-electron chi connectivity index (χ2n) is 8.27. The normalized spacial score (nSPS) is 15.5. The maximum atomic E-state index is 13.0. The number of imide groups is 1. The minimum Gasteiger partial charge on any atom is -0.338 e. The Morgan fingerprint density at radius 3 is 2.30 bits per heavy atom. The molecule has 0 aromatic heterocycles. The van der Waals surface area contributed by atoms with Crippen molar-refractivity contribution in [3.8, 4) is 0 Å². The molecule has 0 bridgehead atoms. The van der Waals surface area contributed by atoms with Gasteiger partial charge in [-0.05, 0) is 43.5 Å². The van der Waals surface area contributed by atoms with Crippen LogP contribution in [0.2, 0.25) is 0 Å². The number of hydrogen-bond acceptors (Lipinski definition) is 5. The van der Waals surface area contributed by atoms with Crippen molar-refractivity contribution in [2.24, 2.45) is 0 Å². The molecule has 1 unspecified atom stereocenters. The monoisotopic (exact) mass is 451 g/mol. The first-order valence-electron chi connectivity index (χ1n) is 11.3. The molecule has 1 heterocycles. The van der Waals surface area contributed by atoms with E-state index in [0.29, 0.717) is 39.3 Å². The molecule has 0 aliphatic carbocycles. The highest BCUT2D eigenvalue weighted by atomic mass is 16.2. The van der Waals surface area contributed by atoms with Crippen LogP contribution < -0.4 is 16.0 Å². The Hall–Kier alpha value is -3.23. The number of aryl methyl sites for hydroxylation is 1. The van der Waals surface area contributed by atoms with Gasteiger partial charge in [0.15, 0.2) is 0 Å². The number of rotatable bonds is 7. The lowest BCUT2D eigenvalue weighted by atomic mass is 10.0. The van der Waals surface area contributed by atoms with Gasteiger partial charge in [0.1, 0.15) is 6.04 Å². The summed E-state index contributed by atoms with van der Waals surface area (Å²) in [6.45, 7) is 9.08. The third-order valence-electron chi connectivity index (χ3n) is 5.96. The van der Waals surface area contributed by atoms with E-state index < -0.39 is 12.1 Å². The number of urea groups is 1. The minimum absolute atomic E-state index is 0.0502. The van der Waals surface area contributed by atoms with Crippen molar-refractivity contribution in [2.75, 3.05) is 44.6 Å². The molecular weight excluding hydrogens is 418 g/mol. The van der Waals surface area contributed by atoms with Gasteiger partial charge in [-0.15, -0.1) is 0 Å². The van der Waals surface area contributed by atoms with Crippen LogP contribution in [-0.2, 0) is 9.59 Å². The van der Waals surface area contributed by atoms with Crippen molar-refractivity contribution in [1.82, 2.24) is 20.4 Å². The van der Waals surface area contributed by atoms with E-state index in [-0.39, 0.29) is 11.8 Å². The average molecular weight is 452 g/mol. The Bertz CT molecular complexity index is 971. The molecule has 8 heteroatoms. The van der Waals surface area contributed by atoms with Crippen LogP contribution in [0.1, 0.15) is 29.7 Å². The van der Waals surface area contributed by atoms with Crippen molar-refractivity contribution in [2.45, 2.75) is 26.8 Å². The third kappa shape index (κ3) is 6.63. The molecule has 0 radical (unpaired) electrons. The van der Waals surface area contributed by atoms with Crippen LogP contribution in [-0.4, -0.2) is 66.9 Å². The molecule has 2 aromatic rings. The Labute approximate surface area is 195 Å². The standard InChI is InChI=1S/C25H33N5O3/c1-4-26-25(33)28-24(32)23(20-10-6-5-7-11-20)30-15-13-29(14-16-30)17-22(31)27-21-12-8-9-18(2)19(21)3/h5-12,23H,4,13-17H2,1-3H3,(H,27,31)(H2,26,28,32,33). The van der Waals surface area contributed by atoms with Crippen LogP contribution in [0.5, 0.6) is 0 Å². The van der Waals surface area contributed by atoms with E-state index in [4.69, 9.17) is 0 Å². The molecule has 2 aromatic carbocycles. The van der Waals surface area contributed by atoms with Gasteiger partial charge in [0.05, 0.1) is 6.54 Å². The van der Waals surface area contributed by atoms with E-state index in [1.807, 2.05) is 62.4 Å². The van der Waals surface area contributed by atoms with E-state index in [1.165, 1.54) is 0 Å². The number of nitrogens with one attached hydrogen (secondary N) is 3. The van der Waals surface area contributed by atoms with Gasteiger partial charge in [0.25, 0.3) is 0 Å². The highest BCUT2D eigenvalue weighted by molar-refractivity contribution is 5.97. The highest BCUT2D eigenvalue weighted by Crippen LogP contribution is 2.23. The molecular formula is C25H33N5O3. The molecule has 0 saturated carbocycles. The molecule has 3 N–H and O–H groups in total. The fourth-order valence-corrected chi connectivity index (χ4v) is 4.01. The van der Waals surface area contributed by atoms with Gasteiger partial charge in [-0.25, -0.2) is 4.79 Å². The summed E-state index contributed by atoms with van der Waals surface area (Å²) in [5.41, 5.74) is 3.88. The van der Waals surface area contributed by atoms with E-state index in [0.717, 1.165) is 22.4 Å². The maximum absolute atomic E-state index is 13.0. The average Bonchev–Trinajstić information content (AvgIpc) is 2.79. The van der Waals surface area contributed by atoms with Crippen molar-refractivity contribution in [3.63, 3.8) is 0 Å². The van der Waals surface area contributed by atoms with Crippen molar-refractivity contribution >= 4 is 23.5 Å². The number of hydrogen-bond donors (Lipinski definition) is 3. The Morgan fingerprint density at radius 1 is 0.939 bits per heavy atom. The summed E-state index contributed by atoms with van der Waals surface area (Å²) in [6, 6.07) is 14.3. The summed E-state index contributed by atoms with van der Waals surface area (Å²) in [7, 11) is 0. The molecule has 1 aliphatic rings. The topological polar surface area (TPSA) is 93.8 Å². The number of benzene rings is 2. The van der Waals surface area contributed by atoms with Crippen LogP contribution in [0.4, 0.5) is 10.5 Å². The zero-order valence-electron chi connectivity index (χ0n) is 19.6. The summed E-state index contributed by atoms with van der Waals surface area (Å²) in [6.07, 6.45) is 0. The summed E-state index contributed by atoms with van der Waals surface area (Å²) in [5, 5.41) is 8.06. The van der Waals surface area contributed by atoms with E-state index in [9.17, 15) is 14.4 Å². The van der Waals surface area contributed by atoms with Gasteiger partial charge in [-0.1, -0.05) is 42.5 Å². The van der Waals surface area contributed by atoms with Crippen molar-refractivity contribution in [3.05, 3.63) is 65.2 Å². The van der Waals surface area contributed by atoms with E-state index in [2.05, 4.69) is 25.8 Å². The third-order valence-corrected chi connectivity index (χ3v) is 5.96. The molecule has 1 fully saturated rings. The van der Waals surface area contributed by atoms with Gasteiger partial charge < -0.3 is 10.6 Å². The first kappa shape index (κ1) is 24.4. The Kier molecular flexibility index (Phi) is 8.57. The molecule has 8 nitrogen and oxygen atoms in total.